The maximum absolute atomic E-state index is 12.3. The van der Waals surface area contributed by atoms with E-state index in [0.717, 1.165) is 23.0 Å². The van der Waals surface area contributed by atoms with Crippen LogP contribution in [0.3, 0.4) is 0 Å². The quantitative estimate of drug-likeness (QED) is 0.692. The average molecular weight is 287 g/mol. The first-order chi connectivity index (χ1) is 10.2. The molecule has 1 fully saturated rings. The zero-order valence-electron chi connectivity index (χ0n) is 11.8. The van der Waals surface area contributed by atoms with E-state index in [-0.39, 0.29) is 12.4 Å². The van der Waals surface area contributed by atoms with Gasteiger partial charge in [-0.2, -0.15) is 0 Å². The van der Waals surface area contributed by atoms with Crippen LogP contribution >= 0.6 is 0 Å². The van der Waals surface area contributed by atoms with Crippen LogP contribution in [0, 0.1) is 6.92 Å². The number of aromatic nitrogens is 1. The molecule has 3 rings (SSSR count). The Morgan fingerprint density at radius 2 is 2.19 bits per heavy atom. The van der Waals surface area contributed by atoms with Crippen molar-refractivity contribution in [2.45, 2.75) is 25.9 Å². The van der Waals surface area contributed by atoms with Gasteiger partial charge in [0.25, 0.3) is 0 Å². The van der Waals surface area contributed by atoms with Gasteiger partial charge in [0.1, 0.15) is 0 Å². The van der Waals surface area contributed by atoms with Gasteiger partial charge in [-0.15, -0.1) is 0 Å². The number of esters is 1. The molecule has 1 atom stereocenters. The van der Waals surface area contributed by atoms with Crippen molar-refractivity contribution in [1.29, 1.82) is 0 Å². The van der Waals surface area contributed by atoms with Crippen LogP contribution in [0.15, 0.2) is 24.3 Å². The lowest BCUT2D eigenvalue weighted by atomic mass is 10.1. The standard InChI is InChI=1S/C16H17NO4/c1-10-15(11-5-2-3-6-12(11)17-10)13(18)9-21-16(19)14-7-4-8-20-14/h2-3,5-6,14,17H,4,7-9H2,1H3/t14-/m1/s1. The van der Waals surface area contributed by atoms with Gasteiger partial charge in [-0.3, -0.25) is 4.79 Å². The van der Waals surface area contributed by atoms with Crippen molar-refractivity contribution >= 4 is 22.7 Å². The number of para-hydroxylation sites is 1. The van der Waals surface area contributed by atoms with Crippen molar-refractivity contribution in [2.75, 3.05) is 13.2 Å². The Hall–Kier alpha value is -2.14. The van der Waals surface area contributed by atoms with Gasteiger partial charge in [0.15, 0.2) is 12.7 Å². The van der Waals surface area contributed by atoms with Crippen molar-refractivity contribution in [3.8, 4) is 0 Å². The molecule has 5 heteroatoms. The Kier molecular flexibility index (Phi) is 3.75. The minimum Gasteiger partial charge on any atom is -0.455 e. The summed E-state index contributed by atoms with van der Waals surface area (Å²) in [7, 11) is 0. The van der Waals surface area contributed by atoms with Gasteiger partial charge in [0.2, 0.25) is 5.78 Å². The summed E-state index contributed by atoms with van der Waals surface area (Å²) in [6.07, 6.45) is 1.01. The molecular weight excluding hydrogens is 270 g/mol. The molecule has 1 aliphatic rings. The van der Waals surface area contributed by atoms with Crippen LogP contribution in [-0.2, 0) is 14.3 Å². The Morgan fingerprint density at radius 3 is 2.95 bits per heavy atom. The highest BCUT2D eigenvalue weighted by Gasteiger charge is 2.26. The minimum absolute atomic E-state index is 0.198. The van der Waals surface area contributed by atoms with Gasteiger partial charge in [-0.25, -0.2) is 4.79 Å². The van der Waals surface area contributed by atoms with Crippen LogP contribution in [-0.4, -0.2) is 36.1 Å². The summed E-state index contributed by atoms with van der Waals surface area (Å²) in [5.41, 5.74) is 2.28. The van der Waals surface area contributed by atoms with Gasteiger partial charge in [0.05, 0.1) is 0 Å². The average Bonchev–Trinajstić information content (AvgIpc) is 3.10. The second-order valence-electron chi connectivity index (χ2n) is 5.20. The molecule has 1 saturated heterocycles. The molecule has 2 aromatic rings. The summed E-state index contributed by atoms with van der Waals surface area (Å²) in [4.78, 5) is 27.2. The molecule has 1 aromatic carbocycles. The first-order valence-electron chi connectivity index (χ1n) is 7.05. The van der Waals surface area contributed by atoms with E-state index in [1.54, 1.807) is 0 Å². The number of hydrogen-bond donors (Lipinski definition) is 1. The van der Waals surface area contributed by atoms with E-state index in [4.69, 9.17) is 9.47 Å². The fourth-order valence-electron chi connectivity index (χ4n) is 2.70. The van der Waals surface area contributed by atoms with E-state index in [9.17, 15) is 9.59 Å². The highest BCUT2D eigenvalue weighted by molar-refractivity contribution is 6.10. The second-order valence-corrected chi connectivity index (χ2v) is 5.20. The van der Waals surface area contributed by atoms with Gasteiger partial charge in [0, 0.05) is 28.8 Å². The molecule has 1 aromatic heterocycles. The number of Topliss-reactive ketones (excluding diaryl/α,β-unsaturated/α-hetero) is 1. The molecule has 0 radical (unpaired) electrons. The molecule has 110 valence electrons. The molecule has 0 amide bonds. The summed E-state index contributed by atoms with van der Waals surface area (Å²) >= 11 is 0. The molecule has 1 N–H and O–H groups in total. The number of aromatic amines is 1. The fourth-order valence-corrected chi connectivity index (χ4v) is 2.70. The molecule has 2 heterocycles. The summed E-state index contributed by atoms with van der Waals surface area (Å²) < 4.78 is 10.3. The van der Waals surface area contributed by atoms with Crippen LogP contribution in [0.1, 0.15) is 28.9 Å². The third-order valence-electron chi connectivity index (χ3n) is 3.71. The first kappa shape index (κ1) is 13.8. The van der Waals surface area contributed by atoms with Gasteiger partial charge in [-0.1, -0.05) is 18.2 Å². The van der Waals surface area contributed by atoms with Crippen LogP contribution in [0.2, 0.25) is 0 Å². The highest BCUT2D eigenvalue weighted by Crippen LogP contribution is 2.22. The molecule has 5 nitrogen and oxygen atoms in total. The van der Waals surface area contributed by atoms with E-state index >= 15 is 0 Å². The third-order valence-corrected chi connectivity index (χ3v) is 3.71. The number of fused-ring (bicyclic) bond motifs is 1. The van der Waals surface area contributed by atoms with Crippen LogP contribution < -0.4 is 0 Å². The number of aryl methyl sites for hydroxylation is 1. The van der Waals surface area contributed by atoms with Crippen molar-refractivity contribution in [3.63, 3.8) is 0 Å². The maximum atomic E-state index is 12.3. The van der Waals surface area contributed by atoms with Crippen LogP contribution in [0.4, 0.5) is 0 Å². The van der Waals surface area contributed by atoms with Crippen LogP contribution in [0.25, 0.3) is 10.9 Å². The first-order valence-corrected chi connectivity index (χ1v) is 7.05. The largest absolute Gasteiger partial charge is 0.455 e. The molecular formula is C16H17NO4. The van der Waals surface area contributed by atoms with E-state index in [2.05, 4.69) is 4.98 Å². The number of ketones is 1. The number of carbonyl (C=O) groups is 2. The molecule has 0 bridgehead atoms. The predicted octanol–water partition coefficient (Wildman–Crippen LogP) is 2.38. The summed E-state index contributed by atoms with van der Waals surface area (Å²) in [6, 6.07) is 7.58. The van der Waals surface area contributed by atoms with Crippen LogP contribution in [0.5, 0.6) is 0 Å². The zero-order valence-corrected chi connectivity index (χ0v) is 11.8. The number of H-pyrrole nitrogens is 1. The van der Waals surface area contributed by atoms with Crippen molar-refractivity contribution in [2.24, 2.45) is 0 Å². The molecule has 1 aliphatic heterocycles. The molecule has 0 saturated carbocycles. The Balaban J connectivity index is 1.72. The number of hydrogen-bond acceptors (Lipinski definition) is 4. The summed E-state index contributed by atoms with van der Waals surface area (Å²) in [5, 5.41) is 0.855. The lowest BCUT2D eigenvalue weighted by Gasteiger charge is -2.09. The minimum atomic E-state index is -0.512. The normalized spacial score (nSPS) is 18.0. The zero-order chi connectivity index (χ0) is 14.8. The fraction of sp³-hybridized carbons (Fsp3) is 0.375. The number of benzene rings is 1. The number of nitrogens with one attached hydrogen (secondary N) is 1. The van der Waals surface area contributed by atoms with Gasteiger partial charge < -0.3 is 14.5 Å². The molecule has 0 aliphatic carbocycles. The topological polar surface area (TPSA) is 68.4 Å². The van der Waals surface area contributed by atoms with E-state index in [0.29, 0.717) is 18.6 Å². The molecule has 21 heavy (non-hydrogen) atoms. The number of carbonyl (C=O) groups excluding carboxylic acids is 2. The smallest absolute Gasteiger partial charge is 0.335 e. The van der Waals surface area contributed by atoms with Crippen molar-refractivity contribution in [3.05, 3.63) is 35.5 Å². The maximum Gasteiger partial charge on any atom is 0.335 e. The highest BCUT2D eigenvalue weighted by atomic mass is 16.6. The Morgan fingerprint density at radius 1 is 1.38 bits per heavy atom. The second kappa shape index (κ2) is 5.69. The Labute approximate surface area is 122 Å². The Bertz CT molecular complexity index is 683. The van der Waals surface area contributed by atoms with Gasteiger partial charge >= 0.3 is 5.97 Å². The van der Waals surface area contributed by atoms with E-state index < -0.39 is 12.1 Å². The summed E-state index contributed by atoms with van der Waals surface area (Å²) in [5.74, 6) is -0.644. The summed E-state index contributed by atoms with van der Waals surface area (Å²) in [6.45, 7) is 2.17. The monoisotopic (exact) mass is 287 g/mol. The van der Waals surface area contributed by atoms with Gasteiger partial charge in [-0.05, 0) is 25.8 Å². The van der Waals surface area contributed by atoms with E-state index in [1.165, 1.54) is 0 Å². The molecule has 0 unspecified atom stereocenters. The lowest BCUT2D eigenvalue weighted by molar-refractivity contribution is -0.153. The number of ether oxygens (including phenoxy) is 2. The number of rotatable bonds is 4. The molecule has 0 spiro atoms. The third kappa shape index (κ3) is 2.69. The lowest BCUT2D eigenvalue weighted by Crippen LogP contribution is -2.25. The SMILES string of the molecule is Cc1[nH]c2ccccc2c1C(=O)COC(=O)[C@H]1CCCO1. The van der Waals surface area contributed by atoms with Crippen molar-refractivity contribution in [1.82, 2.24) is 4.98 Å². The predicted molar refractivity (Wildman–Crippen MR) is 77.3 cm³/mol. The van der Waals surface area contributed by atoms with E-state index in [1.807, 2.05) is 31.2 Å². The van der Waals surface area contributed by atoms with Crippen molar-refractivity contribution < 1.29 is 19.1 Å².